The molecule has 3 unspecified atom stereocenters. The Labute approximate surface area is 106 Å². The van der Waals surface area contributed by atoms with Crippen molar-refractivity contribution in [1.82, 2.24) is 9.55 Å². The van der Waals surface area contributed by atoms with Crippen LogP contribution in [0.25, 0.3) is 11.0 Å². The Kier molecular flexibility index (Phi) is 3.76. The lowest BCUT2D eigenvalue weighted by atomic mass is 10.3. The monoisotopic (exact) mass is 287 g/mol. The Morgan fingerprint density at radius 1 is 1.50 bits per heavy atom. The molecule has 0 aliphatic heterocycles. The Bertz CT molecular complexity index is 586. The van der Waals surface area contributed by atoms with E-state index in [9.17, 15) is 19.5 Å². The van der Waals surface area contributed by atoms with Crippen LogP contribution in [0.5, 0.6) is 0 Å². The lowest BCUT2D eigenvalue weighted by molar-refractivity contribution is 0.171. The minimum Gasteiger partial charge on any atom is -0.367 e. The van der Waals surface area contributed by atoms with Crippen molar-refractivity contribution in [3.05, 3.63) is 30.6 Å². The number of aliphatic hydroxyl groups is 1. The summed E-state index contributed by atoms with van der Waals surface area (Å²) < 4.78 is 12.8. The predicted octanol–water partition coefficient (Wildman–Crippen LogP) is 1.44. The summed E-state index contributed by atoms with van der Waals surface area (Å²) >= 11 is 0. The van der Waals surface area contributed by atoms with Gasteiger partial charge in [0, 0.05) is 0 Å². The summed E-state index contributed by atoms with van der Waals surface area (Å²) in [7, 11) is -4.88. The van der Waals surface area contributed by atoms with Gasteiger partial charge in [-0.25, -0.2) is 4.98 Å². The molecule has 0 radical (unpaired) electrons. The minimum absolute atomic E-state index is 0.169. The molecule has 0 aliphatic carbocycles. The van der Waals surface area contributed by atoms with E-state index >= 15 is 0 Å². The molecule has 0 fully saturated rings. The fraction of sp³-hybridized carbons (Fsp3) is 0.300. The number of hydrogen-bond acceptors (Lipinski definition) is 4. The fourth-order valence-electron chi connectivity index (χ4n) is 1.65. The smallest absolute Gasteiger partial charge is 0.367 e. The molecule has 2 aromatic rings. The van der Waals surface area contributed by atoms with Crippen LogP contribution in [0.3, 0.4) is 0 Å². The third kappa shape index (κ3) is 2.30. The highest BCUT2D eigenvalue weighted by Gasteiger charge is 2.53. The number of benzene rings is 1. The molecule has 1 aromatic heterocycles. The van der Waals surface area contributed by atoms with E-state index < -0.39 is 21.3 Å². The highest BCUT2D eigenvalue weighted by Crippen LogP contribution is 2.55. The van der Waals surface area contributed by atoms with Gasteiger partial charge in [-0.1, -0.05) is 12.1 Å². The largest absolute Gasteiger partial charge is 0.550 e. The first-order valence-corrected chi connectivity index (χ1v) is 8.12. The van der Waals surface area contributed by atoms with Crippen molar-refractivity contribution in [2.45, 2.75) is 11.6 Å². The maximum Gasteiger partial charge on any atom is 0.550 e. The van der Waals surface area contributed by atoms with E-state index in [1.807, 2.05) is 12.1 Å². The second-order valence-electron chi connectivity index (χ2n) is 3.93. The van der Waals surface area contributed by atoms with Gasteiger partial charge in [0.1, 0.15) is 14.7 Å². The number of aromatic nitrogens is 2. The molecule has 3 atom stereocenters. The summed E-state index contributed by atoms with van der Waals surface area (Å²) in [4.78, 5) is 22.9. The van der Waals surface area contributed by atoms with Crippen LogP contribution >= 0.6 is 16.2 Å². The zero-order valence-electron chi connectivity index (χ0n) is 9.63. The highest BCUT2D eigenvalue weighted by atomic mass is 31.2. The van der Waals surface area contributed by atoms with Crippen molar-refractivity contribution in [3.63, 3.8) is 0 Å². The Hall–Kier alpha value is -0.900. The quantitative estimate of drug-likeness (QED) is 0.739. The normalized spacial score (nSPS) is 17.4. The van der Waals surface area contributed by atoms with Gasteiger partial charge in [-0.3, -0.25) is 0 Å². The first kappa shape index (κ1) is 13.5. The standard InChI is InChI=1S/C10H12N2O4P2/c1-17(14)10(13,18(15)16)6-12-7-11-8-4-2-3-5-9(8)12/h2-5,7,13-14H,6H2,1H3/p+1. The van der Waals surface area contributed by atoms with Crippen molar-refractivity contribution in [3.8, 4) is 0 Å². The van der Waals surface area contributed by atoms with E-state index in [4.69, 9.17) is 0 Å². The molecule has 8 heteroatoms. The summed E-state index contributed by atoms with van der Waals surface area (Å²) in [6.07, 6.45) is 1.48. The van der Waals surface area contributed by atoms with Crippen molar-refractivity contribution < 1.29 is 19.5 Å². The lowest BCUT2D eigenvalue weighted by Crippen LogP contribution is -2.27. The zero-order valence-corrected chi connectivity index (χ0v) is 11.4. The Morgan fingerprint density at radius 2 is 2.17 bits per heavy atom. The summed E-state index contributed by atoms with van der Waals surface area (Å²) in [5.41, 5.74) is 1.47. The first-order chi connectivity index (χ1) is 8.45. The van der Waals surface area contributed by atoms with Gasteiger partial charge in [-0.05, 0) is 23.4 Å². The summed E-state index contributed by atoms with van der Waals surface area (Å²) in [6.45, 7) is 1.18. The summed E-state index contributed by atoms with van der Waals surface area (Å²) in [5, 5.41) is 8.07. The fourth-order valence-corrected chi connectivity index (χ4v) is 3.27. The number of fused-ring (bicyclic) bond motifs is 1. The molecule has 1 heterocycles. The van der Waals surface area contributed by atoms with Gasteiger partial charge in [0.25, 0.3) is 0 Å². The zero-order chi connectivity index (χ0) is 13.3. The highest BCUT2D eigenvalue weighted by molar-refractivity contribution is 7.65. The van der Waals surface area contributed by atoms with Crippen LogP contribution in [0.15, 0.2) is 30.6 Å². The second kappa shape index (κ2) is 5.00. The number of nitrogens with zero attached hydrogens (tertiary/aromatic N) is 2. The van der Waals surface area contributed by atoms with E-state index in [2.05, 4.69) is 4.98 Å². The van der Waals surface area contributed by atoms with Crippen LogP contribution in [-0.2, 0) is 11.1 Å². The van der Waals surface area contributed by atoms with Gasteiger partial charge in [0.2, 0.25) is 0 Å². The van der Waals surface area contributed by atoms with E-state index in [-0.39, 0.29) is 6.54 Å². The molecular formula is C10H13N2O4P2+. The third-order valence-electron chi connectivity index (χ3n) is 2.73. The molecule has 18 heavy (non-hydrogen) atoms. The predicted molar refractivity (Wildman–Crippen MR) is 69.6 cm³/mol. The molecule has 6 nitrogen and oxygen atoms in total. The number of hydrogen-bond donors (Lipinski definition) is 3. The maximum atomic E-state index is 11.2. The Morgan fingerprint density at radius 3 is 2.78 bits per heavy atom. The van der Waals surface area contributed by atoms with Crippen molar-refractivity contribution in [1.29, 1.82) is 0 Å². The SMILES string of the molecule is CP(O)C(O)(Cn1cnc2ccccc21)[P+](=O)O. The average molecular weight is 287 g/mol. The van der Waals surface area contributed by atoms with Crippen molar-refractivity contribution in [2.75, 3.05) is 6.66 Å². The molecular weight excluding hydrogens is 274 g/mol. The van der Waals surface area contributed by atoms with Crippen LogP contribution in [-0.4, -0.2) is 36.2 Å². The molecule has 0 amide bonds. The average Bonchev–Trinajstić information content (AvgIpc) is 2.72. The summed E-state index contributed by atoms with van der Waals surface area (Å²) in [6, 6.07) is 7.24. The van der Waals surface area contributed by atoms with E-state index in [0.29, 0.717) is 0 Å². The third-order valence-corrected chi connectivity index (χ3v) is 6.05. The molecule has 0 aliphatic rings. The second-order valence-corrected chi connectivity index (χ2v) is 7.36. The van der Waals surface area contributed by atoms with Gasteiger partial charge >= 0.3 is 13.1 Å². The lowest BCUT2D eigenvalue weighted by Gasteiger charge is -2.18. The van der Waals surface area contributed by atoms with Gasteiger partial charge in [0.05, 0.1) is 17.4 Å². The number of imidazole rings is 1. The molecule has 2 rings (SSSR count). The molecule has 0 saturated heterocycles. The molecule has 3 N–H and O–H groups in total. The molecule has 0 spiro atoms. The topological polar surface area (TPSA) is 95.6 Å². The number of rotatable bonds is 4. The molecule has 1 aromatic carbocycles. The van der Waals surface area contributed by atoms with E-state index in [1.165, 1.54) is 13.0 Å². The van der Waals surface area contributed by atoms with Gasteiger partial charge in [0.15, 0.2) is 0 Å². The Balaban J connectivity index is 2.41. The van der Waals surface area contributed by atoms with Crippen LogP contribution < -0.4 is 0 Å². The minimum atomic E-state index is -2.91. The molecule has 0 bridgehead atoms. The van der Waals surface area contributed by atoms with Crippen molar-refractivity contribution in [2.24, 2.45) is 0 Å². The van der Waals surface area contributed by atoms with Crippen LogP contribution in [0.4, 0.5) is 0 Å². The van der Waals surface area contributed by atoms with E-state index in [1.54, 1.807) is 16.7 Å². The maximum absolute atomic E-state index is 11.2. The van der Waals surface area contributed by atoms with Crippen molar-refractivity contribution >= 4 is 27.2 Å². The van der Waals surface area contributed by atoms with Gasteiger partial charge < -0.3 is 14.6 Å². The van der Waals surface area contributed by atoms with Gasteiger partial charge in [-0.15, -0.1) is 0 Å². The molecule has 0 saturated carbocycles. The molecule has 96 valence electrons. The summed E-state index contributed by atoms with van der Waals surface area (Å²) in [5.74, 6) is 0. The first-order valence-electron chi connectivity index (χ1n) is 5.16. The van der Waals surface area contributed by atoms with Crippen LogP contribution in [0, 0.1) is 0 Å². The number of para-hydroxylation sites is 2. The van der Waals surface area contributed by atoms with Crippen LogP contribution in [0.2, 0.25) is 0 Å². The van der Waals surface area contributed by atoms with E-state index in [0.717, 1.165) is 11.0 Å². The van der Waals surface area contributed by atoms with Gasteiger partial charge in [-0.2, -0.15) is 4.89 Å². The van der Waals surface area contributed by atoms with Crippen LogP contribution in [0.1, 0.15) is 0 Å².